The van der Waals surface area contributed by atoms with Crippen molar-refractivity contribution in [1.82, 2.24) is 4.98 Å². The molecule has 0 saturated heterocycles. The summed E-state index contributed by atoms with van der Waals surface area (Å²) in [5.41, 5.74) is 1.09. The maximum atomic E-state index is 11.1. The third kappa shape index (κ3) is 2.65. The van der Waals surface area contributed by atoms with Gasteiger partial charge in [-0.05, 0) is 24.1 Å². The second kappa shape index (κ2) is 4.87. The summed E-state index contributed by atoms with van der Waals surface area (Å²) >= 11 is 0. The number of rotatable bonds is 4. The Balaban J connectivity index is 2.27. The second-order valence-electron chi connectivity index (χ2n) is 4.06. The molecule has 2 N–H and O–H groups in total. The van der Waals surface area contributed by atoms with Crippen LogP contribution in [0.2, 0.25) is 0 Å². The summed E-state index contributed by atoms with van der Waals surface area (Å²) in [5, 5.41) is 20.4. The summed E-state index contributed by atoms with van der Waals surface area (Å²) in [7, 11) is 0. The molecule has 0 aliphatic carbocycles. The molecule has 2 aromatic rings. The lowest BCUT2D eigenvalue weighted by atomic mass is 10.1. The average molecular weight is 248 g/mol. The molecule has 0 fully saturated rings. The van der Waals surface area contributed by atoms with Crippen molar-refractivity contribution in [3.05, 3.63) is 50.3 Å². The first-order valence-corrected chi connectivity index (χ1v) is 5.53. The Bertz CT molecular complexity index is 648. The van der Waals surface area contributed by atoms with Gasteiger partial charge in [-0.1, -0.05) is 6.07 Å². The molecule has 0 amide bonds. The summed E-state index contributed by atoms with van der Waals surface area (Å²) in [6.45, 7) is -0.0738. The highest BCUT2D eigenvalue weighted by atomic mass is 16.6. The number of aromatic nitrogens is 1. The predicted octanol–water partition coefficient (Wildman–Crippen LogP) is 1.44. The van der Waals surface area contributed by atoms with Crippen LogP contribution in [0.3, 0.4) is 0 Å². The maximum Gasteiger partial charge on any atom is 0.252 e. The fourth-order valence-corrected chi connectivity index (χ4v) is 1.85. The SMILES string of the molecule is O=c1cc(O)c2cc(CCC[N+](=O)[O-])ccc2[nH]1. The third-order valence-electron chi connectivity index (χ3n) is 2.69. The van der Waals surface area contributed by atoms with Gasteiger partial charge < -0.3 is 10.1 Å². The van der Waals surface area contributed by atoms with Crippen LogP contribution >= 0.6 is 0 Å². The number of aromatic hydroxyl groups is 1. The van der Waals surface area contributed by atoms with Crippen molar-refractivity contribution in [2.75, 3.05) is 6.54 Å². The fraction of sp³-hybridized carbons (Fsp3) is 0.250. The van der Waals surface area contributed by atoms with Crippen molar-refractivity contribution in [3.63, 3.8) is 0 Å². The van der Waals surface area contributed by atoms with Gasteiger partial charge in [0, 0.05) is 22.8 Å². The zero-order chi connectivity index (χ0) is 13.1. The van der Waals surface area contributed by atoms with E-state index in [0.29, 0.717) is 23.7 Å². The molecule has 0 bridgehead atoms. The molecule has 6 nitrogen and oxygen atoms in total. The Morgan fingerprint density at radius 1 is 1.33 bits per heavy atom. The highest BCUT2D eigenvalue weighted by Gasteiger charge is 2.04. The van der Waals surface area contributed by atoms with Crippen LogP contribution < -0.4 is 5.56 Å². The highest BCUT2D eigenvalue weighted by Crippen LogP contribution is 2.22. The van der Waals surface area contributed by atoms with Crippen LogP contribution in [0.15, 0.2) is 29.1 Å². The number of aryl methyl sites for hydroxylation is 1. The summed E-state index contributed by atoms with van der Waals surface area (Å²) in [6.07, 6.45) is 1.01. The summed E-state index contributed by atoms with van der Waals surface area (Å²) < 4.78 is 0. The van der Waals surface area contributed by atoms with E-state index in [1.54, 1.807) is 18.2 Å². The number of hydrogen-bond donors (Lipinski definition) is 2. The third-order valence-corrected chi connectivity index (χ3v) is 2.69. The van der Waals surface area contributed by atoms with E-state index in [2.05, 4.69) is 4.98 Å². The smallest absolute Gasteiger partial charge is 0.252 e. The zero-order valence-electron chi connectivity index (χ0n) is 9.55. The summed E-state index contributed by atoms with van der Waals surface area (Å²) in [5.74, 6) is -0.0788. The Hall–Kier alpha value is -2.37. The minimum absolute atomic E-state index is 0.0738. The molecular formula is C12H12N2O4. The van der Waals surface area contributed by atoms with E-state index in [1.165, 1.54) is 0 Å². The van der Waals surface area contributed by atoms with E-state index in [1.807, 2.05) is 0 Å². The van der Waals surface area contributed by atoms with Gasteiger partial charge in [0.25, 0.3) is 5.56 Å². The molecule has 0 saturated carbocycles. The molecule has 2 rings (SSSR count). The van der Waals surface area contributed by atoms with E-state index >= 15 is 0 Å². The predicted molar refractivity (Wildman–Crippen MR) is 66.4 cm³/mol. The molecule has 6 heteroatoms. The molecule has 0 spiro atoms. The molecule has 0 aliphatic rings. The molecule has 0 radical (unpaired) electrons. The number of pyridine rings is 1. The Morgan fingerprint density at radius 3 is 2.83 bits per heavy atom. The van der Waals surface area contributed by atoms with E-state index in [4.69, 9.17) is 0 Å². The lowest BCUT2D eigenvalue weighted by molar-refractivity contribution is -0.480. The molecule has 0 aliphatic heterocycles. The first-order chi connectivity index (χ1) is 8.56. The van der Waals surface area contributed by atoms with Crippen LogP contribution in [0.1, 0.15) is 12.0 Å². The molecule has 1 heterocycles. The van der Waals surface area contributed by atoms with Crippen molar-refractivity contribution in [2.45, 2.75) is 12.8 Å². The zero-order valence-corrected chi connectivity index (χ0v) is 9.55. The van der Waals surface area contributed by atoms with Crippen molar-refractivity contribution in [2.24, 2.45) is 0 Å². The topological polar surface area (TPSA) is 96.2 Å². The monoisotopic (exact) mass is 248 g/mol. The number of nitrogens with one attached hydrogen (secondary N) is 1. The van der Waals surface area contributed by atoms with Gasteiger partial charge in [0.1, 0.15) is 5.75 Å². The highest BCUT2D eigenvalue weighted by molar-refractivity contribution is 5.84. The van der Waals surface area contributed by atoms with Crippen LogP contribution in [0, 0.1) is 10.1 Å². The lowest BCUT2D eigenvalue weighted by Crippen LogP contribution is -2.04. The number of benzene rings is 1. The molecule has 1 aromatic carbocycles. The van der Waals surface area contributed by atoms with Crippen LogP contribution in [0.25, 0.3) is 10.9 Å². The van der Waals surface area contributed by atoms with E-state index in [-0.39, 0.29) is 22.8 Å². The van der Waals surface area contributed by atoms with Crippen molar-refractivity contribution >= 4 is 10.9 Å². The van der Waals surface area contributed by atoms with E-state index in [0.717, 1.165) is 11.6 Å². The molecule has 0 atom stereocenters. The maximum absolute atomic E-state index is 11.1. The van der Waals surface area contributed by atoms with Gasteiger partial charge in [-0.3, -0.25) is 14.9 Å². The normalized spacial score (nSPS) is 10.7. The van der Waals surface area contributed by atoms with Crippen molar-refractivity contribution in [3.8, 4) is 5.75 Å². The molecule has 94 valence electrons. The van der Waals surface area contributed by atoms with Crippen LogP contribution in [-0.4, -0.2) is 21.6 Å². The standard InChI is InChI=1S/C12H12N2O4/c15-11-7-12(16)13-10-4-3-8(6-9(10)11)2-1-5-14(17)18/h3-4,6-7H,1-2,5H2,(H2,13,15,16). The van der Waals surface area contributed by atoms with Gasteiger partial charge in [0.05, 0.1) is 5.52 Å². The average Bonchev–Trinajstić information content (AvgIpc) is 2.29. The van der Waals surface area contributed by atoms with Gasteiger partial charge in [-0.2, -0.15) is 0 Å². The van der Waals surface area contributed by atoms with Gasteiger partial charge in [-0.15, -0.1) is 0 Å². The molecule has 1 aromatic heterocycles. The second-order valence-corrected chi connectivity index (χ2v) is 4.06. The van der Waals surface area contributed by atoms with E-state index in [9.17, 15) is 20.0 Å². The minimum Gasteiger partial charge on any atom is -0.507 e. The number of hydrogen-bond acceptors (Lipinski definition) is 4. The van der Waals surface area contributed by atoms with Gasteiger partial charge >= 0.3 is 0 Å². The lowest BCUT2D eigenvalue weighted by Gasteiger charge is -2.04. The minimum atomic E-state index is -0.360. The Morgan fingerprint density at radius 2 is 2.11 bits per heavy atom. The van der Waals surface area contributed by atoms with Gasteiger partial charge in [0.15, 0.2) is 0 Å². The molecule has 18 heavy (non-hydrogen) atoms. The van der Waals surface area contributed by atoms with E-state index < -0.39 is 0 Å². The summed E-state index contributed by atoms with van der Waals surface area (Å²) in [6, 6.07) is 6.33. The van der Waals surface area contributed by atoms with Crippen LogP contribution in [0.5, 0.6) is 5.75 Å². The first-order valence-electron chi connectivity index (χ1n) is 5.53. The molecule has 0 unspecified atom stereocenters. The van der Waals surface area contributed by atoms with Gasteiger partial charge in [0.2, 0.25) is 6.54 Å². The largest absolute Gasteiger partial charge is 0.507 e. The van der Waals surface area contributed by atoms with Crippen molar-refractivity contribution < 1.29 is 10.0 Å². The number of fused-ring (bicyclic) bond motifs is 1. The Labute approximate surface area is 102 Å². The quantitative estimate of drug-likeness (QED) is 0.632. The number of H-pyrrole nitrogens is 1. The first kappa shape index (κ1) is 12.1. The number of nitrogens with zero attached hydrogens (tertiary/aromatic N) is 1. The Kier molecular flexibility index (Phi) is 3.27. The van der Waals surface area contributed by atoms with Crippen molar-refractivity contribution in [1.29, 1.82) is 0 Å². The molecular weight excluding hydrogens is 236 g/mol. The summed E-state index contributed by atoms with van der Waals surface area (Å²) in [4.78, 5) is 23.6. The van der Waals surface area contributed by atoms with Gasteiger partial charge in [-0.25, -0.2) is 0 Å². The fourth-order valence-electron chi connectivity index (χ4n) is 1.85. The van der Waals surface area contributed by atoms with Crippen LogP contribution in [-0.2, 0) is 6.42 Å². The van der Waals surface area contributed by atoms with Crippen LogP contribution in [0.4, 0.5) is 0 Å². The number of nitro groups is 1. The number of aromatic amines is 1.